The summed E-state index contributed by atoms with van der Waals surface area (Å²) in [6, 6.07) is 5.70. The zero-order chi connectivity index (χ0) is 14.7. The normalized spacial score (nSPS) is 12.8. The van der Waals surface area contributed by atoms with Crippen molar-refractivity contribution in [3.63, 3.8) is 0 Å². The second kappa shape index (κ2) is 6.17. The molecule has 1 aromatic heterocycles. The van der Waals surface area contributed by atoms with E-state index in [2.05, 4.69) is 29.1 Å². The molecule has 4 N–H and O–H groups in total. The average molecular weight is 292 g/mol. The Morgan fingerprint density at radius 3 is 2.90 bits per heavy atom. The number of aromatic amines is 1. The van der Waals surface area contributed by atoms with E-state index < -0.39 is 0 Å². The largest absolute Gasteiger partial charge is 0.399 e. The molecule has 0 fully saturated rings. The summed E-state index contributed by atoms with van der Waals surface area (Å²) in [5.74, 6) is 0.807. The van der Waals surface area contributed by atoms with E-state index in [0.717, 1.165) is 16.2 Å². The van der Waals surface area contributed by atoms with Crippen molar-refractivity contribution in [3.05, 3.63) is 18.2 Å². The Labute approximate surface area is 122 Å². The first-order valence-corrected chi connectivity index (χ1v) is 7.61. The van der Waals surface area contributed by atoms with Gasteiger partial charge in [0, 0.05) is 11.7 Å². The van der Waals surface area contributed by atoms with Crippen LogP contribution in [-0.2, 0) is 4.79 Å². The fourth-order valence-electron chi connectivity index (χ4n) is 1.67. The molecule has 0 saturated heterocycles. The molecule has 1 unspecified atom stereocenters. The first kappa shape index (κ1) is 14.7. The maximum Gasteiger partial charge on any atom is 0.230 e. The van der Waals surface area contributed by atoms with Gasteiger partial charge in [-0.3, -0.25) is 4.79 Å². The Morgan fingerprint density at radius 1 is 1.45 bits per heavy atom. The van der Waals surface area contributed by atoms with Crippen LogP contribution in [0.15, 0.2) is 23.4 Å². The Hall–Kier alpha value is -1.69. The van der Waals surface area contributed by atoms with Crippen LogP contribution in [0, 0.1) is 5.92 Å². The molecule has 20 heavy (non-hydrogen) atoms. The van der Waals surface area contributed by atoms with Gasteiger partial charge in [-0.05, 0) is 31.0 Å². The number of hydrogen-bond acceptors (Lipinski definition) is 4. The standard InChI is InChI=1S/C14H20N4OS/c1-8(2)9(3)16-13(19)7-20-14-17-11-5-4-10(15)6-12(11)18-14/h4-6,8-9H,7,15H2,1-3H3,(H,16,19)(H,17,18). The molecule has 2 aromatic rings. The second-order valence-corrected chi connectivity index (χ2v) is 6.17. The number of benzene rings is 1. The molecule has 0 aliphatic rings. The van der Waals surface area contributed by atoms with E-state index in [4.69, 9.17) is 5.73 Å². The molecule has 0 radical (unpaired) electrons. The predicted molar refractivity (Wildman–Crippen MR) is 83.7 cm³/mol. The van der Waals surface area contributed by atoms with Crippen LogP contribution in [0.3, 0.4) is 0 Å². The van der Waals surface area contributed by atoms with Crippen LogP contribution in [-0.4, -0.2) is 27.7 Å². The molecule has 0 aliphatic carbocycles. The van der Waals surface area contributed by atoms with Gasteiger partial charge in [-0.2, -0.15) is 0 Å². The summed E-state index contributed by atoms with van der Waals surface area (Å²) < 4.78 is 0. The lowest BCUT2D eigenvalue weighted by molar-refractivity contribution is -0.119. The Bertz CT molecular complexity index is 608. The Morgan fingerprint density at radius 2 is 2.20 bits per heavy atom. The number of thioether (sulfide) groups is 1. The van der Waals surface area contributed by atoms with Crippen molar-refractivity contribution in [1.29, 1.82) is 0 Å². The third-order valence-corrected chi connectivity index (χ3v) is 4.09. The molecule has 2 rings (SSSR count). The molecular formula is C14H20N4OS. The number of H-pyrrole nitrogens is 1. The quantitative estimate of drug-likeness (QED) is 0.583. The van der Waals surface area contributed by atoms with Crippen LogP contribution in [0.25, 0.3) is 11.0 Å². The molecule has 1 heterocycles. The number of anilines is 1. The van der Waals surface area contributed by atoms with Crippen LogP contribution < -0.4 is 11.1 Å². The number of nitrogen functional groups attached to an aromatic ring is 1. The first-order chi connectivity index (χ1) is 9.45. The first-order valence-electron chi connectivity index (χ1n) is 6.63. The Balaban J connectivity index is 1.94. The van der Waals surface area contributed by atoms with Gasteiger partial charge in [-0.15, -0.1) is 0 Å². The molecule has 0 saturated carbocycles. The van der Waals surface area contributed by atoms with Crippen molar-refractivity contribution in [2.75, 3.05) is 11.5 Å². The molecule has 6 heteroatoms. The number of aromatic nitrogens is 2. The number of hydrogen-bond donors (Lipinski definition) is 3. The maximum absolute atomic E-state index is 11.8. The fraction of sp³-hybridized carbons (Fsp3) is 0.429. The average Bonchev–Trinajstić information content (AvgIpc) is 2.78. The SMILES string of the molecule is CC(C)C(C)NC(=O)CSc1nc2ccc(N)cc2[nH]1. The highest BCUT2D eigenvalue weighted by Gasteiger charge is 2.12. The van der Waals surface area contributed by atoms with Gasteiger partial charge in [0.2, 0.25) is 5.91 Å². The van der Waals surface area contributed by atoms with Gasteiger partial charge in [0.25, 0.3) is 0 Å². The predicted octanol–water partition coefficient (Wildman–Crippen LogP) is 2.40. The van der Waals surface area contributed by atoms with E-state index in [9.17, 15) is 4.79 Å². The van der Waals surface area contributed by atoms with Gasteiger partial charge >= 0.3 is 0 Å². The van der Waals surface area contributed by atoms with Gasteiger partial charge in [0.1, 0.15) is 0 Å². The summed E-state index contributed by atoms with van der Waals surface area (Å²) in [7, 11) is 0. The molecule has 0 spiro atoms. The van der Waals surface area contributed by atoms with Crippen LogP contribution in [0.1, 0.15) is 20.8 Å². The molecule has 1 atom stereocenters. The third-order valence-electron chi connectivity index (χ3n) is 3.21. The van der Waals surface area contributed by atoms with Gasteiger partial charge in [-0.25, -0.2) is 4.98 Å². The van der Waals surface area contributed by atoms with Crippen molar-refractivity contribution < 1.29 is 4.79 Å². The summed E-state index contributed by atoms with van der Waals surface area (Å²) in [6.07, 6.45) is 0. The lowest BCUT2D eigenvalue weighted by atomic mass is 10.1. The molecular weight excluding hydrogens is 272 g/mol. The highest BCUT2D eigenvalue weighted by molar-refractivity contribution is 7.99. The maximum atomic E-state index is 11.8. The second-order valence-electron chi connectivity index (χ2n) is 5.21. The molecule has 108 valence electrons. The summed E-state index contributed by atoms with van der Waals surface area (Å²) in [6.45, 7) is 6.18. The topological polar surface area (TPSA) is 83.8 Å². The van der Waals surface area contributed by atoms with E-state index >= 15 is 0 Å². The van der Waals surface area contributed by atoms with E-state index in [1.54, 1.807) is 0 Å². The number of amides is 1. The van der Waals surface area contributed by atoms with E-state index in [-0.39, 0.29) is 11.9 Å². The Kier molecular flexibility index (Phi) is 4.54. The van der Waals surface area contributed by atoms with E-state index in [0.29, 0.717) is 17.4 Å². The molecule has 1 amide bonds. The number of nitrogens with zero attached hydrogens (tertiary/aromatic N) is 1. The number of imidazole rings is 1. The number of fused-ring (bicyclic) bond motifs is 1. The van der Waals surface area contributed by atoms with Gasteiger partial charge < -0.3 is 16.0 Å². The highest BCUT2D eigenvalue weighted by Crippen LogP contribution is 2.21. The zero-order valence-electron chi connectivity index (χ0n) is 11.9. The van der Waals surface area contributed by atoms with Crippen molar-refractivity contribution in [2.45, 2.75) is 32.0 Å². The summed E-state index contributed by atoms with van der Waals surface area (Å²) in [5, 5.41) is 3.71. The van der Waals surface area contributed by atoms with E-state index in [1.165, 1.54) is 11.8 Å². The monoisotopic (exact) mass is 292 g/mol. The molecule has 1 aromatic carbocycles. The summed E-state index contributed by atoms with van der Waals surface area (Å²) in [4.78, 5) is 19.4. The third kappa shape index (κ3) is 3.66. The minimum atomic E-state index is 0.0242. The van der Waals surface area contributed by atoms with Crippen LogP contribution in [0.2, 0.25) is 0 Å². The van der Waals surface area contributed by atoms with Crippen LogP contribution in [0.4, 0.5) is 5.69 Å². The molecule has 5 nitrogen and oxygen atoms in total. The molecule has 0 aliphatic heterocycles. The van der Waals surface area contributed by atoms with Crippen molar-refractivity contribution in [2.24, 2.45) is 5.92 Å². The van der Waals surface area contributed by atoms with Crippen molar-refractivity contribution >= 4 is 34.4 Å². The van der Waals surface area contributed by atoms with Gasteiger partial charge in [-0.1, -0.05) is 25.6 Å². The fourth-order valence-corrected chi connectivity index (χ4v) is 2.36. The minimum Gasteiger partial charge on any atom is -0.399 e. The van der Waals surface area contributed by atoms with Gasteiger partial charge in [0.05, 0.1) is 16.8 Å². The minimum absolute atomic E-state index is 0.0242. The van der Waals surface area contributed by atoms with Crippen LogP contribution >= 0.6 is 11.8 Å². The van der Waals surface area contributed by atoms with Crippen molar-refractivity contribution in [1.82, 2.24) is 15.3 Å². The number of rotatable bonds is 5. The summed E-state index contributed by atoms with van der Waals surface area (Å²) in [5.41, 5.74) is 8.17. The number of carbonyl (C=O) groups is 1. The highest BCUT2D eigenvalue weighted by atomic mass is 32.2. The smallest absolute Gasteiger partial charge is 0.230 e. The number of nitrogens with one attached hydrogen (secondary N) is 2. The van der Waals surface area contributed by atoms with Crippen molar-refractivity contribution in [3.8, 4) is 0 Å². The lowest BCUT2D eigenvalue weighted by Gasteiger charge is -2.16. The zero-order valence-corrected chi connectivity index (χ0v) is 12.8. The lowest BCUT2D eigenvalue weighted by Crippen LogP contribution is -2.37. The van der Waals surface area contributed by atoms with Gasteiger partial charge in [0.15, 0.2) is 5.16 Å². The van der Waals surface area contributed by atoms with E-state index in [1.807, 2.05) is 25.1 Å². The van der Waals surface area contributed by atoms with Crippen LogP contribution in [0.5, 0.6) is 0 Å². The molecule has 0 bridgehead atoms. The number of nitrogens with two attached hydrogens (primary N) is 1. The summed E-state index contributed by atoms with van der Waals surface area (Å²) >= 11 is 1.39. The number of carbonyl (C=O) groups excluding carboxylic acids is 1.